The fourth-order valence-electron chi connectivity index (χ4n) is 3.24. The highest BCUT2D eigenvalue weighted by Crippen LogP contribution is 2.27. The predicted molar refractivity (Wildman–Crippen MR) is 118 cm³/mol. The number of benzene rings is 2. The molecule has 1 N–H and O–H groups in total. The van der Waals surface area contributed by atoms with Crippen molar-refractivity contribution >= 4 is 27.5 Å². The van der Waals surface area contributed by atoms with Gasteiger partial charge in [0.25, 0.3) is 5.91 Å². The number of aromatic nitrogens is 2. The molecule has 31 heavy (non-hydrogen) atoms. The predicted octanol–water partition coefficient (Wildman–Crippen LogP) is 3.30. The van der Waals surface area contributed by atoms with E-state index in [2.05, 4.69) is 9.82 Å². The van der Waals surface area contributed by atoms with Crippen molar-refractivity contribution in [2.24, 2.45) is 0 Å². The van der Waals surface area contributed by atoms with Crippen LogP contribution in [0, 0.1) is 0 Å². The normalized spacial score (nSPS) is 13.9. The van der Waals surface area contributed by atoms with Gasteiger partial charge in [-0.3, -0.25) is 9.48 Å². The van der Waals surface area contributed by atoms with Gasteiger partial charge in [0.05, 0.1) is 17.8 Å². The Morgan fingerprint density at radius 2 is 1.94 bits per heavy atom. The second kappa shape index (κ2) is 8.82. The monoisotopic (exact) mass is 458 g/mol. The lowest BCUT2D eigenvalue weighted by Crippen LogP contribution is -2.28. The molecule has 2 aromatic carbocycles. The van der Waals surface area contributed by atoms with Crippen LogP contribution in [0.1, 0.15) is 34.3 Å². The Labute approximate surface area is 186 Å². The average Bonchev–Trinajstić information content (AvgIpc) is 3.44. The Morgan fingerprint density at radius 1 is 1.19 bits per heavy atom. The molecule has 0 aliphatic heterocycles. The van der Waals surface area contributed by atoms with Crippen LogP contribution in [0.4, 0.5) is 0 Å². The van der Waals surface area contributed by atoms with Crippen LogP contribution in [0.25, 0.3) is 0 Å². The molecule has 1 fully saturated rings. The molecule has 4 rings (SSSR count). The number of rotatable bonds is 8. The third-order valence-electron chi connectivity index (χ3n) is 5.01. The minimum Gasteiger partial charge on any atom is -0.337 e. The van der Waals surface area contributed by atoms with Gasteiger partial charge >= 0.3 is 0 Å². The smallest absolute Gasteiger partial charge is 0.253 e. The van der Waals surface area contributed by atoms with Crippen LogP contribution in [0.15, 0.2) is 65.8 Å². The summed E-state index contributed by atoms with van der Waals surface area (Å²) >= 11 is 6.11. The number of hydrogen-bond acceptors (Lipinski definition) is 4. The van der Waals surface area contributed by atoms with Gasteiger partial charge in [0.15, 0.2) is 0 Å². The third-order valence-corrected chi connectivity index (χ3v) is 7.01. The van der Waals surface area contributed by atoms with Crippen molar-refractivity contribution in [1.82, 2.24) is 19.4 Å². The summed E-state index contributed by atoms with van der Waals surface area (Å²) in [5, 5.41) is 4.45. The van der Waals surface area contributed by atoms with E-state index in [0.29, 0.717) is 13.1 Å². The van der Waals surface area contributed by atoms with E-state index in [1.54, 1.807) is 13.2 Å². The lowest BCUT2D eigenvalue weighted by molar-refractivity contribution is 0.0785. The molecule has 1 aromatic heterocycles. The van der Waals surface area contributed by atoms with Gasteiger partial charge in [-0.25, -0.2) is 13.1 Å². The van der Waals surface area contributed by atoms with Crippen LogP contribution in [-0.2, 0) is 23.1 Å². The van der Waals surface area contributed by atoms with Gasteiger partial charge in [-0.05, 0) is 36.6 Å². The second-order valence-electron chi connectivity index (χ2n) is 7.73. The van der Waals surface area contributed by atoms with E-state index >= 15 is 0 Å². The second-order valence-corrected chi connectivity index (χ2v) is 9.82. The first kappa shape index (κ1) is 21.5. The van der Waals surface area contributed by atoms with Crippen molar-refractivity contribution in [3.8, 4) is 0 Å². The van der Waals surface area contributed by atoms with E-state index in [0.717, 1.165) is 24.0 Å². The van der Waals surface area contributed by atoms with E-state index < -0.39 is 10.0 Å². The van der Waals surface area contributed by atoms with Crippen LogP contribution in [0.2, 0.25) is 5.02 Å². The van der Waals surface area contributed by atoms with Crippen LogP contribution >= 0.6 is 11.6 Å². The summed E-state index contributed by atoms with van der Waals surface area (Å²) in [6.07, 6.45) is 5.25. The molecule has 0 bridgehead atoms. The van der Waals surface area contributed by atoms with Crippen molar-refractivity contribution in [3.05, 3.63) is 82.6 Å². The lowest BCUT2D eigenvalue weighted by Gasteiger charge is -2.17. The molecule has 1 heterocycles. The molecule has 1 aliphatic rings. The molecule has 7 nitrogen and oxygen atoms in total. The van der Waals surface area contributed by atoms with Crippen LogP contribution in [0.3, 0.4) is 0 Å². The quantitative estimate of drug-likeness (QED) is 0.561. The Balaban J connectivity index is 1.45. The number of sulfonamides is 1. The molecule has 162 valence electrons. The summed E-state index contributed by atoms with van der Waals surface area (Å²) in [4.78, 5) is 14.4. The molecule has 3 aromatic rings. The fourth-order valence-corrected chi connectivity index (χ4v) is 5.07. The van der Waals surface area contributed by atoms with Crippen molar-refractivity contribution in [2.75, 3.05) is 7.05 Å². The van der Waals surface area contributed by atoms with Crippen LogP contribution in [0.5, 0.6) is 0 Å². The minimum absolute atomic E-state index is 0.0458. The molecular weight excluding hydrogens is 436 g/mol. The summed E-state index contributed by atoms with van der Waals surface area (Å²) < 4.78 is 29.5. The Bertz CT molecular complexity index is 1190. The number of hydrogen-bond donors (Lipinski definition) is 1. The first-order chi connectivity index (χ1) is 14.8. The van der Waals surface area contributed by atoms with E-state index in [4.69, 9.17) is 11.6 Å². The van der Waals surface area contributed by atoms with Gasteiger partial charge < -0.3 is 4.90 Å². The molecule has 0 spiro atoms. The lowest BCUT2D eigenvalue weighted by atomic mass is 10.2. The van der Waals surface area contributed by atoms with Gasteiger partial charge in [-0.2, -0.15) is 5.10 Å². The summed E-state index contributed by atoms with van der Waals surface area (Å²) in [5.74, 6) is -0.296. The fraction of sp³-hybridized carbons (Fsp3) is 0.273. The molecule has 0 saturated heterocycles. The zero-order valence-electron chi connectivity index (χ0n) is 17.0. The zero-order valence-corrected chi connectivity index (χ0v) is 18.6. The van der Waals surface area contributed by atoms with Gasteiger partial charge in [0, 0.05) is 37.0 Å². The molecule has 0 unspecified atom stereocenters. The van der Waals surface area contributed by atoms with Crippen LogP contribution < -0.4 is 4.72 Å². The highest BCUT2D eigenvalue weighted by molar-refractivity contribution is 7.89. The average molecular weight is 459 g/mol. The van der Waals surface area contributed by atoms with E-state index in [1.807, 2.05) is 41.2 Å². The number of nitrogens with zero attached hydrogens (tertiary/aromatic N) is 3. The van der Waals surface area contributed by atoms with Crippen molar-refractivity contribution < 1.29 is 13.2 Å². The zero-order chi connectivity index (χ0) is 22.0. The van der Waals surface area contributed by atoms with Crippen molar-refractivity contribution in [2.45, 2.75) is 36.9 Å². The molecule has 1 saturated carbocycles. The molecular formula is C22H23ClN4O3S. The van der Waals surface area contributed by atoms with Gasteiger partial charge in [-0.1, -0.05) is 41.9 Å². The first-order valence-corrected chi connectivity index (χ1v) is 11.8. The number of halogens is 1. The van der Waals surface area contributed by atoms with Crippen LogP contribution in [-0.4, -0.2) is 42.1 Å². The van der Waals surface area contributed by atoms with Crippen molar-refractivity contribution in [1.29, 1.82) is 0 Å². The molecule has 1 amide bonds. The topological polar surface area (TPSA) is 84.3 Å². The summed E-state index contributed by atoms with van der Waals surface area (Å²) in [6, 6.07) is 14.3. The van der Waals surface area contributed by atoms with Gasteiger partial charge in [-0.15, -0.1) is 0 Å². The standard InChI is InChI=1S/C22H23ClN4O3S/c1-26(13-17-12-24-27(15-17)14-16-5-3-2-4-6-16)22(28)18-7-10-20(23)21(11-18)31(29,30)25-19-8-9-19/h2-7,10-12,15,19,25H,8-9,13-14H2,1H3. The summed E-state index contributed by atoms with van der Waals surface area (Å²) in [5.41, 5.74) is 2.28. The molecule has 0 atom stereocenters. The summed E-state index contributed by atoms with van der Waals surface area (Å²) in [7, 11) is -2.09. The highest BCUT2D eigenvalue weighted by atomic mass is 35.5. The SMILES string of the molecule is CN(Cc1cnn(Cc2ccccc2)c1)C(=O)c1ccc(Cl)c(S(=O)(=O)NC2CC2)c1. The Kier molecular flexibility index (Phi) is 6.13. The molecule has 0 radical (unpaired) electrons. The minimum atomic E-state index is -3.76. The number of carbonyl (C=O) groups is 1. The van der Waals surface area contributed by atoms with Gasteiger partial charge in [0.1, 0.15) is 4.90 Å². The van der Waals surface area contributed by atoms with E-state index in [9.17, 15) is 13.2 Å². The number of carbonyl (C=O) groups excluding carboxylic acids is 1. The van der Waals surface area contributed by atoms with Gasteiger partial charge in [0.2, 0.25) is 10.0 Å². The number of nitrogens with one attached hydrogen (secondary N) is 1. The maximum atomic E-state index is 12.9. The number of amides is 1. The third kappa shape index (κ3) is 5.33. The highest BCUT2D eigenvalue weighted by Gasteiger charge is 2.30. The Morgan fingerprint density at radius 3 is 2.65 bits per heavy atom. The van der Waals surface area contributed by atoms with Crippen molar-refractivity contribution in [3.63, 3.8) is 0 Å². The molecule has 1 aliphatic carbocycles. The Hall–Kier alpha value is -2.68. The maximum absolute atomic E-state index is 12.9. The molecule has 9 heteroatoms. The first-order valence-electron chi connectivity index (χ1n) is 9.94. The van der Waals surface area contributed by atoms with E-state index in [-0.39, 0.29) is 27.4 Å². The maximum Gasteiger partial charge on any atom is 0.253 e. The largest absolute Gasteiger partial charge is 0.337 e. The summed E-state index contributed by atoms with van der Waals surface area (Å²) in [6.45, 7) is 0.990. The van der Waals surface area contributed by atoms with E-state index in [1.165, 1.54) is 23.1 Å².